The van der Waals surface area contributed by atoms with E-state index in [4.69, 9.17) is 0 Å². The zero-order chi connectivity index (χ0) is 21.6. The van der Waals surface area contributed by atoms with Gasteiger partial charge >= 0.3 is 0 Å². The Kier molecular flexibility index (Phi) is 5.76. The molecule has 5 aromatic carbocycles. The van der Waals surface area contributed by atoms with Crippen LogP contribution in [0.4, 0.5) is 0 Å². The first-order valence-corrected chi connectivity index (χ1v) is 11.0. The van der Waals surface area contributed by atoms with Crippen LogP contribution in [-0.2, 0) is 0 Å². The minimum Gasteiger partial charge on any atom is -0.0622 e. The largest absolute Gasteiger partial charge is 0.0622 e. The molecule has 0 nitrogen and oxygen atoms in total. The van der Waals surface area contributed by atoms with Crippen molar-refractivity contribution >= 4 is 12.2 Å². The van der Waals surface area contributed by atoms with E-state index >= 15 is 0 Å². The summed E-state index contributed by atoms with van der Waals surface area (Å²) in [5, 5.41) is 2.44. The van der Waals surface area contributed by atoms with Crippen molar-refractivity contribution in [2.24, 2.45) is 0 Å². The molecule has 0 bridgehead atoms. The van der Waals surface area contributed by atoms with Crippen molar-refractivity contribution in [2.45, 2.75) is 0 Å². The van der Waals surface area contributed by atoms with Crippen LogP contribution in [0.1, 0.15) is 11.1 Å². The summed E-state index contributed by atoms with van der Waals surface area (Å²) < 4.78 is 0. The summed E-state index contributed by atoms with van der Waals surface area (Å²) in [4.78, 5) is 0. The molecule has 0 amide bonds. The van der Waals surface area contributed by atoms with Crippen LogP contribution in [0.15, 0.2) is 133 Å². The van der Waals surface area contributed by atoms with Crippen molar-refractivity contribution < 1.29 is 0 Å². The first-order chi connectivity index (χ1) is 15.9. The molecule has 0 unspecified atom stereocenters. The lowest BCUT2D eigenvalue weighted by molar-refractivity contribution is 1.47. The summed E-state index contributed by atoms with van der Waals surface area (Å²) in [5.74, 6) is 0. The summed E-state index contributed by atoms with van der Waals surface area (Å²) in [6.45, 7) is 0. The fraction of sp³-hybridized carbons (Fsp3) is 0. The molecule has 5 aromatic rings. The molecule has 0 fully saturated rings. The van der Waals surface area contributed by atoms with Gasteiger partial charge in [-0.2, -0.15) is 0 Å². The van der Waals surface area contributed by atoms with Crippen LogP contribution in [0.3, 0.4) is 0 Å². The molecule has 152 valence electrons. The summed E-state index contributed by atoms with van der Waals surface area (Å²) in [6, 6.07) is 47.0. The second-order valence-corrected chi connectivity index (χ2v) is 7.83. The van der Waals surface area contributed by atoms with Gasteiger partial charge in [-0.3, -0.25) is 0 Å². The zero-order valence-corrected chi connectivity index (χ0v) is 17.9. The Hall–Kier alpha value is -4.16. The molecule has 32 heavy (non-hydrogen) atoms. The van der Waals surface area contributed by atoms with E-state index < -0.39 is 0 Å². The molecule has 0 aromatic heterocycles. The number of hydrogen-bond donors (Lipinski definition) is 0. The second kappa shape index (κ2) is 9.32. The van der Waals surface area contributed by atoms with Crippen LogP contribution in [-0.4, -0.2) is 0 Å². The van der Waals surface area contributed by atoms with Gasteiger partial charge in [0.1, 0.15) is 0 Å². The van der Waals surface area contributed by atoms with Gasteiger partial charge in [0.2, 0.25) is 0 Å². The molecule has 0 radical (unpaired) electrons. The van der Waals surface area contributed by atoms with E-state index in [1.165, 1.54) is 43.8 Å². The van der Waals surface area contributed by atoms with E-state index in [-0.39, 0.29) is 0 Å². The van der Waals surface area contributed by atoms with Gasteiger partial charge in [0.25, 0.3) is 0 Å². The molecular formula is C32H24. The average Bonchev–Trinajstić information content (AvgIpc) is 2.87. The zero-order valence-electron chi connectivity index (χ0n) is 17.9. The van der Waals surface area contributed by atoms with Crippen LogP contribution in [0.2, 0.25) is 0 Å². The molecule has 0 aliphatic rings. The smallest absolute Gasteiger partial charge is 0.00990 e. The van der Waals surface area contributed by atoms with Gasteiger partial charge in [0, 0.05) is 0 Å². The molecule has 0 spiro atoms. The Morgan fingerprint density at radius 3 is 1.50 bits per heavy atom. The third-order valence-electron chi connectivity index (χ3n) is 5.67. The van der Waals surface area contributed by atoms with Crippen LogP contribution in [0.25, 0.3) is 34.4 Å². The van der Waals surface area contributed by atoms with Crippen LogP contribution >= 0.6 is 0 Å². The molecule has 0 aliphatic heterocycles. The highest BCUT2D eigenvalue weighted by Crippen LogP contribution is 2.30. The average molecular weight is 409 g/mol. The van der Waals surface area contributed by atoms with Crippen molar-refractivity contribution in [1.29, 1.82) is 0 Å². The number of hydrogen-bond acceptors (Lipinski definition) is 0. The third kappa shape index (κ3) is 4.31. The fourth-order valence-electron chi connectivity index (χ4n) is 4.14. The first-order valence-electron chi connectivity index (χ1n) is 11.0. The van der Waals surface area contributed by atoms with Crippen molar-refractivity contribution in [3.05, 3.63) is 155 Å². The Bertz CT molecular complexity index is 1430. The Morgan fingerprint density at radius 1 is 0.344 bits per heavy atom. The van der Waals surface area contributed by atoms with E-state index in [0.717, 1.165) is 0 Å². The Morgan fingerprint density at radius 2 is 0.844 bits per heavy atom. The van der Waals surface area contributed by atoms with Crippen molar-refractivity contribution in [1.82, 2.24) is 0 Å². The van der Waals surface area contributed by atoms with Gasteiger partial charge in [-0.1, -0.05) is 133 Å². The summed E-state index contributed by atoms with van der Waals surface area (Å²) >= 11 is 0. The van der Waals surface area contributed by atoms with Crippen molar-refractivity contribution in [3.8, 4) is 22.3 Å². The highest BCUT2D eigenvalue weighted by molar-refractivity contribution is 5.84. The second-order valence-electron chi connectivity index (χ2n) is 7.83. The van der Waals surface area contributed by atoms with E-state index in [9.17, 15) is 0 Å². The molecule has 0 aliphatic carbocycles. The lowest BCUT2D eigenvalue weighted by Crippen LogP contribution is -2.27. The molecule has 0 saturated heterocycles. The van der Waals surface area contributed by atoms with Gasteiger partial charge in [0.15, 0.2) is 0 Å². The number of rotatable bonds is 4. The summed E-state index contributed by atoms with van der Waals surface area (Å²) in [5.41, 5.74) is 7.34. The van der Waals surface area contributed by atoms with Crippen LogP contribution in [0.5, 0.6) is 0 Å². The maximum atomic E-state index is 2.30. The van der Waals surface area contributed by atoms with Crippen molar-refractivity contribution in [3.63, 3.8) is 0 Å². The maximum absolute atomic E-state index is 2.30. The number of benzene rings is 5. The molecule has 0 heterocycles. The monoisotopic (exact) mass is 408 g/mol. The van der Waals surface area contributed by atoms with Crippen LogP contribution in [0, 0.1) is 0 Å². The quantitative estimate of drug-likeness (QED) is 0.311. The minimum absolute atomic E-state index is 1.19. The summed E-state index contributed by atoms with van der Waals surface area (Å²) in [7, 11) is 0. The lowest BCUT2D eigenvalue weighted by atomic mass is 9.92. The molecule has 0 saturated carbocycles. The topological polar surface area (TPSA) is 0 Å². The molecular weight excluding hydrogens is 384 g/mol. The third-order valence-corrected chi connectivity index (χ3v) is 5.67. The van der Waals surface area contributed by atoms with E-state index in [1.54, 1.807) is 0 Å². The first kappa shape index (κ1) is 19.8. The minimum atomic E-state index is 1.19. The van der Waals surface area contributed by atoms with Crippen molar-refractivity contribution in [2.75, 3.05) is 0 Å². The predicted octanol–water partition coefficient (Wildman–Crippen LogP) is 6.68. The maximum Gasteiger partial charge on any atom is -0.00990 e. The van der Waals surface area contributed by atoms with Crippen LogP contribution < -0.4 is 10.4 Å². The van der Waals surface area contributed by atoms with Gasteiger partial charge in [0.05, 0.1) is 0 Å². The lowest BCUT2D eigenvalue weighted by Gasteiger charge is -2.12. The van der Waals surface area contributed by atoms with E-state index in [1.807, 2.05) is 0 Å². The predicted molar refractivity (Wildman–Crippen MR) is 137 cm³/mol. The molecule has 5 rings (SSSR count). The SMILES string of the molecule is C(c1ccccc1)=c1cccc(-c2ccccc2-c2ccccc2)c1=Cc1ccccc1. The molecule has 0 heteroatoms. The van der Waals surface area contributed by atoms with Gasteiger partial charge in [-0.05, 0) is 56.0 Å². The highest BCUT2D eigenvalue weighted by atomic mass is 14.1. The standard InChI is InChI=1S/C32H24/c1-4-13-25(14-5-1)23-28-19-12-22-31(32(28)24-26-15-6-2-7-16-26)30-21-11-10-20-29(30)27-17-8-3-9-18-27/h1-24H. The summed E-state index contributed by atoms with van der Waals surface area (Å²) in [6.07, 6.45) is 4.56. The fourth-order valence-corrected chi connectivity index (χ4v) is 4.14. The van der Waals surface area contributed by atoms with E-state index in [0.29, 0.717) is 0 Å². The highest BCUT2D eigenvalue weighted by Gasteiger charge is 2.08. The Balaban J connectivity index is 1.81. The molecule has 0 N–H and O–H groups in total. The van der Waals surface area contributed by atoms with Gasteiger partial charge in [-0.25, -0.2) is 0 Å². The van der Waals surface area contributed by atoms with E-state index in [2.05, 4.69) is 146 Å². The van der Waals surface area contributed by atoms with Gasteiger partial charge in [-0.15, -0.1) is 0 Å². The van der Waals surface area contributed by atoms with Gasteiger partial charge < -0.3 is 0 Å². The Labute approximate surface area is 189 Å². The normalized spacial score (nSPS) is 12.1. The molecule has 0 atom stereocenters.